The van der Waals surface area contributed by atoms with Crippen LogP contribution in [0.1, 0.15) is 102 Å². The van der Waals surface area contributed by atoms with Crippen LogP contribution in [0.4, 0.5) is 20.7 Å². The number of aryl methyl sites for hydroxylation is 2. The van der Waals surface area contributed by atoms with Gasteiger partial charge >= 0.3 is 18.1 Å². The minimum absolute atomic E-state index is 0.0304. The Hall–Kier alpha value is -7.95. The topological polar surface area (TPSA) is 209 Å². The Bertz CT molecular complexity index is 3680. The maximum Gasteiger partial charge on any atom is 0.408 e. The first kappa shape index (κ1) is 51.8. The first-order valence-corrected chi connectivity index (χ1v) is 27.4. The number of anilines is 2. The summed E-state index contributed by atoms with van der Waals surface area (Å²) in [5, 5.41) is 27.8. The standard InChI is InChI=1S/C60H63FN10O8/c1-7-60(76)43-25-49-53-41(28-71(49)56(73)42(43)31-77-57(60)74)52-45(17-16-39-34(4)44(61)26-46(63-53)51(39)52)65-59(75)79-35(5)33(3)55(72)70-24-23-69(27-37(70)18-20-62)54-40-19-22-68(48-15-9-13-36-12-8-11-32(2)50(36)48)29-47(40)64-58(66-54)78-30-38-14-10-21-67(38)6/h8-9,11-13,15,25-26,35,37-38,45,76H,3,7,10,14,16-19,21-24,27-31H2,1-2,4-6H3,(H,65,75). The van der Waals surface area contributed by atoms with Crippen molar-refractivity contribution in [2.45, 2.75) is 122 Å². The fraction of sp³-hybridized carbons (Fsp3) is 0.433. The number of likely N-dealkylation sites (tertiary alicyclic amines) is 1. The van der Waals surface area contributed by atoms with E-state index in [4.69, 9.17) is 29.2 Å². The van der Waals surface area contributed by atoms with E-state index in [1.165, 1.54) is 27.0 Å². The van der Waals surface area contributed by atoms with Crippen molar-refractivity contribution >= 4 is 51.2 Å². The normalized spacial score (nSPS) is 21.7. The summed E-state index contributed by atoms with van der Waals surface area (Å²) in [7, 11) is 2.11. The Morgan fingerprint density at radius 3 is 2.56 bits per heavy atom. The highest BCUT2D eigenvalue weighted by Gasteiger charge is 2.46. The number of benzene rings is 3. The molecule has 0 saturated carbocycles. The number of fused-ring (bicyclic) bond motifs is 7. The number of nitriles is 1. The van der Waals surface area contributed by atoms with Crippen molar-refractivity contribution in [1.82, 2.24) is 34.6 Å². The lowest BCUT2D eigenvalue weighted by Gasteiger charge is -2.43. The number of esters is 1. The molecule has 2 N–H and O–H groups in total. The molecule has 19 heteroatoms. The molecule has 5 unspecified atom stereocenters. The van der Waals surface area contributed by atoms with Crippen LogP contribution in [0.15, 0.2) is 65.5 Å². The van der Waals surface area contributed by atoms with Crippen LogP contribution in [0.3, 0.4) is 0 Å². The molecule has 5 atom stereocenters. The molecule has 6 aromatic rings. The van der Waals surface area contributed by atoms with Gasteiger partial charge in [0.15, 0.2) is 5.60 Å². The van der Waals surface area contributed by atoms with Gasteiger partial charge in [0.1, 0.15) is 31.0 Å². The molecule has 12 rings (SSSR count). The number of likely N-dealkylation sites (N-methyl/N-ethyl adjacent to an activating group) is 1. The van der Waals surface area contributed by atoms with Crippen LogP contribution in [0.25, 0.3) is 33.1 Å². The molecule has 3 aromatic heterocycles. The van der Waals surface area contributed by atoms with Crippen molar-refractivity contribution in [3.05, 3.63) is 127 Å². The van der Waals surface area contributed by atoms with Crippen LogP contribution in [-0.2, 0) is 57.2 Å². The SMILES string of the molecule is C=C(C(=O)N1CCN(c2nc(OCC3CCCN3C)nc3c2CCN(c2cccc4cccc(C)c24)C3)CC1CC#N)C(C)OC(=O)NC1CCc2c(C)c(F)cc3nc4c(c1c23)Cn1c-4cc2c(c1=O)COC(=O)C2(O)CC. The summed E-state index contributed by atoms with van der Waals surface area (Å²) >= 11 is 0. The van der Waals surface area contributed by atoms with Gasteiger partial charge in [-0.15, -0.1) is 0 Å². The molecule has 2 fully saturated rings. The number of cyclic esters (lactones) is 1. The Morgan fingerprint density at radius 1 is 0.975 bits per heavy atom. The number of pyridine rings is 2. The molecule has 8 heterocycles. The van der Waals surface area contributed by atoms with Gasteiger partial charge in [-0.05, 0) is 113 Å². The summed E-state index contributed by atoms with van der Waals surface area (Å²) in [5.41, 5.74) is 5.63. The van der Waals surface area contributed by atoms with Crippen molar-refractivity contribution in [3.8, 4) is 23.5 Å². The van der Waals surface area contributed by atoms with E-state index in [0.29, 0.717) is 90.5 Å². The maximum absolute atomic E-state index is 15.6. The van der Waals surface area contributed by atoms with E-state index in [0.717, 1.165) is 54.3 Å². The number of rotatable bonds is 11. The van der Waals surface area contributed by atoms with Crippen LogP contribution >= 0.6 is 0 Å². The number of ether oxygens (including phenoxy) is 3. The molecule has 6 aliphatic rings. The zero-order valence-corrected chi connectivity index (χ0v) is 45.2. The number of carbonyl (C=O) groups is 3. The second-order valence-corrected chi connectivity index (χ2v) is 22.0. The molecular formula is C60H63FN10O8. The summed E-state index contributed by atoms with van der Waals surface area (Å²) < 4.78 is 34.8. The summed E-state index contributed by atoms with van der Waals surface area (Å²) in [5.74, 6) is -0.995. The zero-order valence-electron chi connectivity index (χ0n) is 45.2. The Balaban J connectivity index is 0.776. The first-order chi connectivity index (χ1) is 38.1. The predicted molar refractivity (Wildman–Crippen MR) is 293 cm³/mol. The number of aliphatic hydroxyl groups is 1. The number of nitrogens with one attached hydrogen (secondary N) is 1. The van der Waals surface area contributed by atoms with E-state index in [1.54, 1.807) is 31.7 Å². The molecule has 0 radical (unpaired) electrons. The second kappa shape index (κ2) is 20.1. The van der Waals surface area contributed by atoms with Gasteiger partial charge in [0.25, 0.3) is 11.5 Å². The molecule has 2 saturated heterocycles. The average molecular weight is 1070 g/mol. The third-order valence-corrected chi connectivity index (χ3v) is 17.6. The molecule has 2 amide bonds. The van der Waals surface area contributed by atoms with Gasteiger partial charge in [-0.3, -0.25) is 9.59 Å². The number of alkyl carbamates (subject to hydrolysis) is 1. The monoisotopic (exact) mass is 1070 g/mol. The van der Waals surface area contributed by atoms with Crippen LogP contribution < -0.4 is 25.4 Å². The Kier molecular flexibility index (Phi) is 13.1. The maximum atomic E-state index is 15.6. The molecule has 5 aliphatic heterocycles. The van der Waals surface area contributed by atoms with Gasteiger partial charge in [-0.2, -0.15) is 15.2 Å². The van der Waals surface area contributed by atoms with E-state index in [1.807, 2.05) is 0 Å². The fourth-order valence-electron chi connectivity index (χ4n) is 13.1. The minimum atomic E-state index is -2.04. The number of halogens is 1. The van der Waals surface area contributed by atoms with Crippen molar-refractivity contribution < 1.29 is 38.1 Å². The number of amides is 2. The van der Waals surface area contributed by atoms with E-state index >= 15 is 4.39 Å². The molecule has 18 nitrogen and oxygen atoms in total. The van der Waals surface area contributed by atoms with Crippen molar-refractivity contribution in [3.63, 3.8) is 0 Å². The predicted octanol–water partition coefficient (Wildman–Crippen LogP) is 7.10. The number of aromatic nitrogens is 4. The summed E-state index contributed by atoms with van der Waals surface area (Å²) in [4.78, 5) is 79.2. The lowest BCUT2D eigenvalue weighted by molar-refractivity contribution is -0.172. The smallest absolute Gasteiger partial charge is 0.408 e. The van der Waals surface area contributed by atoms with Gasteiger partial charge in [0, 0.05) is 71.4 Å². The Labute approximate surface area is 456 Å². The van der Waals surface area contributed by atoms with Gasteiger partial charge in [-0.25, -0.2) is 19.0 Å². The summed E-state index contributed by atoms with van der Waals surface area (Å²) in [6.45, 7) is 14.7. The van der Waals surface area contributed by atoms with Gasteiger partial charge in [0.2, 0.25) is 0 Å². The van der Waals surface area contributed by atoms with Crippen LogP contribution in [0.2, 0.25) is 0 Å². The summed E-state index contributed by atoms with van der Waals surface area (Å²) in [6.07, 6.45) is 1.66. The average Bonchev–Trinajstić information content (AvgIpc) is 3.96. The van der Waals surface area contributed by atoms with Gasteiger partial charge in [0.05, 0.1) is 71.4 Å². The largest absolute Gasteiger partial charge is 0.462 e. The van der Waals surface area contributed by atoms with Gasteiger partial charge < -0.3 is 48.8 Å². The van der Waals surface area contributed by atoms with Crippen LogP contribution in [0, 0.1) is 31.0 Å². The van der Waals surface area contributed by atoms with Gasteiger partial charge in [-0.1, -0.05) is 43.8 Å². The molecule has 0 spiro atoms. The molecule has 79 heavy (non-hydrogen) atoms. The van der Waals surface area contributed by atoms with E-state index in [2.05, 4.69) is 83.0 Å². The molecule has 1 aliphatic carbocycles. The lowest BCUT2D eigenvalue weighted by atomic mass is 9.81. The minimum Gasteiger partial charge on any atom is -0.462 e. The number of carbonyl (C=O) groups excluding carboxylic acids is 3. The van der Waals surface area contributed by atoms with Crippen molar-refractivity contribution in [2.75, 3.05) is 56.2 Å². The second-order valence-electron chi connectivity index (χ2n) is 22.0. The molecule has 408 valence electrons. The quantitative estimate of drug-likeness (QED) is 0.0978. The highest BCUT2D eigenvalue weighted by Crippen LogP contribution is 2.46. The highest BCUT2D eigenvalue weighted by atomic mass is 19.1. The van der Waals surface area contributed by atoms with Crippen molar-refractivity contribution in [2.24, 2.45) is 0 Å². The number of nitrogens with zero attached hydrogens (tertiary/aromatic N) is 9. The number of piperazine rings is 1. The first-order valence-electron chi connectivity index (χ1n) is 27.4. The molecule has 0 bridgehead atoms. The van der Waals surface area contributed by atoms with Crippen LogP contribution in [0.5, 0.6) is 6.01 Å². The fourth-order valence-corrected chi connectivity index (χ4v) is 13.1. The Morgan fingerprint density at radius 2 is 1.78 bits per heavy atom. The van der Waals surface area contributed by atoms with E-state index < -0.39 is 53.1 Å². The lowest BCUT2D eigenvalue weighted by Crippen LogP contribution is -2.56. The highest BCUT2D eigenvalue weighted by molar-refractivity contribution is 5.98. The third-order valence-electron chi connectivity index (χ3n) is 17.6. The zero-order chi connectivity index (χ0) is 55.2. The number of hydrogen-bond donors (Lipinski definition) is 2. The van der Waals surface area contributed by atoms with E-state index in [9.17, 15) is 29.5 Å². The molecule has 3 aromatic carbocycles. The van der Waals surface area contributed by atoms with Crippen LogP contribution in [-0.4, -0.2) is 117 Å². The van der Waals surface area contributed by atoms with Crippen molar-refractivity contribution in [1.29, 1.82) is 5.26 Å². The number of hydrogen-bond acceptors (Lipinski definition) is 15. The summed E-state index contributed by atoms with van der Waals surface area (Å²) in [6, 6.07) is 17.3. The third kappa shape index (κ3) is 8.70. The molecular weight excluding hydrogens is 1010 g/mol. The van der Waals surface area contributed by atoms with E-state index in [-0.39, 0.29) is 55.3 Å².